The number of benzene rings is 1. The van der Waals surface area contributed by atoms with E-state index in [2.05, 4.69) is 53.7 Å². The van der Waals surface area contributed by atoms with E-state index in [1.807, 2.05) is 12.1 Å². The summed E-state index contributed by atoms with van der Waals surface area (Å²) in [6.45, 7) is 7.03. The predicted octanol–water partition coefficient (Wildman–Crippen LogP) is 1.74. The number of tetrazole rings is 1. The maximum absolute atomic E-state index is 5.41. The molecule has 6 nitrogen and oxygen atoms in total. The van der Waals surface area contributed by atoms with Crippen molar-refractivity contribution in [2.24, 2.45) is 0 Å². The van der Waals surface area contributed by atoms with Crippen molar-refractivity contribution in [3.8, 4) is 5.69 Å². The summed E-state index contributed by atoms with van der Waals surface area (Å²) >= 11 is 0. The van der Waals surface area contributed by atoms with E-state index in [9.17, 15) is 0 Å². The van der Waals surface area contributed by atoms with Crippen LogP contribution < -0.4 is 5.32 Å². The SMILES string of the molecule is COC(C)(C)CNC(C)c1cccc(-n2cnnn2)c1. The number of nitrogens with one attached hydrogen (secondary N) is 1. The summed E-state index contributed by atoms with van der Waals surface area (Å²) in [5, 5.41) is 14.7. The number of rotatable bonds is 6. The van der Waals surface area contributed by atoms with Gasteiger partial charge >= 0.3 is 0 Å². The summed E-state index contributed by atoms with van der Waals surface area (Å²) in [6.07, 6.45) is 1.59. The third-order valence-corrected chi connectivity index (χ3v) is 3.37. The monoisotopic (exact) mass is 275 g/mol. The summed E-state index contributed by atoms with van der Waals surface area (Å²) in [7, 11) is 1.73. The molecule has 0 spiro atoms. The quantitative estimate of drug-likeness (QED) is 0.870. The Morgan fingerprint density at radius 3 is 2.85 bits per heavy atom. The van der Waals surface area contributed by atoms with Crippen molar-refractivity contribution in [1.29, 1.82) is 0 Å². The first kappa shape index (κ1) is 14.6. The molecule has 0 aliphatic heterocycles. The first-order valence-electron chi connectivity index (χ1n) is 6.64. The van der Waals surface area contributed by atoms with E-state index in [4.69, 9.17) is 4.74 Å². The smallest absolute Gasteiger partial charge is 0.143 e. The number of ether oxygens (including phenoxy) is 1. The highest BCUT2D eigenvalue weighted by atomic mass is 16.5. The molecule has 6 heteroatoms. The van der Waals surface area contributed by atoms with E-state index in [-0.39, 0.29) is 11.6 Å². The Bertz CT molecular complexity index is 538. The van der Waals surface area contributed by atoms with Gasteiger partial charge in [0.05, 0.1) is 11.3 Å². The zero-order valence-electron chi connectivity index (χ0n) is 12.4. The molecule has 1 aromatic carbocycles. The second-order valence-corrected chi connectivity index (χ2v) is 5.42. The van der Waals surface area contributed by atoms with E-state index >= 15 is 0 Å². The molecule has 0 fully saturated rings. The van der Waals surface area contributed by atoms with Crippen LogP contribution in [0.15, 0.2) is 30.6 Å². The molecule has 0 radical (unpaired) electrons. The van der Waals surface area contributed by atoms with E-state index in [0.29, 0.717) is 0 Å². The van der Waals surface area contributed by atoms with Gasteiger partial charge in [-0.15, -0.1) is 5.10 Å². The topological polar surface area (TPSA) is 64.9 Å². The zero-order valence-corrected chi connectivity index (χ0v) is 12.4. The molecule has 20 heavy (non-hydrogen) atoms. The summed E-state index contributed by atoms with van der Waals surface area (Å²) in [4.78, 5) is 0. The van der Waals surface area contributed by atoms with Gasteiger partial charge in [-0.25, -0.2) is 4.68 Å². The van der Waals surface area contributed by atoms with Crippen molar-refractivity contribution < 1.29 is 4.74 Å². The van der Waals surface area contributed by atoms with Crippen LogP contribution in [-0.2, 0) is 4.74 Å². The Balaban J connectivity index is 2.07. The van der Waals surface area contributed by atoms with Crippen LogP contribution in [0.25, 0.3) is 5.69 Å². The Hall–Kier alpha value is -1.79. The van der Waals surface area contributed by atoms with Gasteiger partial charge in [-0.3, -0.25) is 0 Å². The summed E-state index contributed by atoms with van der Waals surface area (Å²) in [5.74, 6) is 0. The normalized spacial score (nSPS) is 13.4. The van der Waals surface area contributed by atoms with Crippen molar-refractivity contribution >= 4 is 0 Å². The molecule has 0 saturated heterocycles. The lowest BCUT2D eigenvalue weighted by molar-refractivity contribution is 0.0214. The van der Waals surface area contributed by atoms with E-state index in [1.165, 1.54) is 5.56 Å². The van der Waals surface area contributed by atoms with Crippen LogP contribution in [-0.4, -0.2) is 39.5 Å². The Kier molecular flexibility index (Phi) is 4.46. The number of hydrogen-bond donors (Lipinski definition) is 1. The summed E-state index contributed by atoms with van der Waals surface area (Å²) in [5.41, 5.74) is 1.96. The number of nitrogens with zero attached hydrogens (tertiary/aromatic N) is 4. The first-order valence-corrected chi connectivity index (χ1v) is 6.64. The van der Waals surface area contributed by atoms with Crippen molar-refractivity contribution in [2.75, 3.05) is 13.7 Å². The minimum atomic E-state index is -0.179. The molecule has 0 aliphatic carbocycles. The van der Waals surface area contributed by atoms with Gasteiger partial charge in [0.15, 0.2) is 0 Å². The molecule has 1 N–H and O–H groups in total. The minimum Gasteiger partial charge on any atom is -0.377 e. The fraction of sp³-hybridized carbons (Fsp3) is 0.500. The van der Waals surface area contributed by atoms with Crippen LogP contribution in [0.1, 0.15) is 32.4 Å². The molecule has 2 aromatic rings. The fourth-order valence-electron chi connectivity index (χ4n) is 1.81. The molecule has 1 aromatic heterocycles. The highest BCUT2D eigenvalue weighted by Gasteiger charge is 2.17. The average Bonchev–Trinajstić information content (AvgIpc) is 2.99. The number of hydrogen-bond acceptors (Lipinski definition) is 5. The Morgan fingerprint density at radius 1 is 1.40 bits per heavy atom. The van der Waals surface area contributed by atoms with E-state index < -0.39 is 0 Å². The van der Waals surface area contributed by atoms with Gasteiger partial charge in [0, 0.05) is 19.7 Å². The van der Waals surface area contributed by atoms with Gasteiger partial charge in [-0.1, -0.05) is 12.1 Å². The van der Waals surface area contributed by atoms with Crippen LogP contribution >= 0.6 is 0 Å². The van der Waals surface area contributed by atoms with Crippen LogP contribution in [0, 0.1) is 0 Å². The van der Waals surface area contributed by atoms with Crippen molar-refractivity contribution in [1.82, 2.24) is 25.5 Å². The first-order chi connectivity index (χ1) is 9.52. The molecule has 0 amide bonds. The number of aromatic nitrogens is 4. The lowest BCUT2D eigenvalue weighted by Gasteiger charge is -2.26. The lowest BCUT2D eigenvalue weighted by Crippen LogP contribution is -2.37. The minimum absolute atomic E-state index is 0.179. The van der Waals surface area contributed by atoms with Gasteiger partial charge in [0.2, 0.25) is 0 Å². The molecule has 0 bridgehead atoms. The molecular formula is C14H21N5O. The van der Waals surface area contributed by atoms with Gasteiger partial charge < -0.3 is 10.1 Å². The second kappa shape index (κ2) is 6.11. The van der Waals surface area contributed by atoms with Crippen molar-refractivity contribution in [3.63, 3.8) is 0 Å². The summed E-state index contributed by atoms with van der Waals surface area (Å²) < 4.78 is 7.06. The van der Waals surface area contributed by atoms with E-state index in [1.54, 1.807) is 18.1 Å². The molecule has 2 rings (SSSR count). The van der Waals surface area contributed by atoms with Crippen molar-refractivity contribution in [3.05, 3.63) is 36.2 Å². The standard InChI is InChI=1S/C14H21N5O/c1-11(15-9-14(2,3)20-4)12-6-5-7-13(8-12)19-10-16-17-18-19/h5-8,10-11,15H,9H2,1-4H3. The van der Waals surface area contributed by atoms with Crippen LogP contribution in [0.2, 0.25) is 0 Å². The second-order valence-electron chi connectivity index (χ2n) is 5.42. The highest BCUT2D eigenvalue weighted by Crippen LogP contribution is 2.17. The predicted molar refractivity (Wildman–Crippen MR) is 76.7 cm³/mol. The maximum Gasteiger partial charge on any atom is 0.143 e. The largest absolute Gasteiger partial charge is 0.377 e. The molecule has 1 heterocycles. The molecule has 0 saturated carbocycles. The van der Waals surface area contributed by atoms with E-state index in [0.717, 1.165) is 12.2 Å². The van der Waals surface area contributed by atoms with Gasteiger partial charge in [0.25, 0.3) is 0 Å². The van der Waals surface area contributed by atoms with Gasteiger partial charge in [0.1, 0.15) is 6.33 Å². The van der Waals surface area contributed by atoms with Crippen molar-refractivity contribution in [2.45, 2.75) is 32.4 Å². The Morgan fingerprint density at radius 2 is 2.20 bits per heavy atom. The average molecular weight is 275 g/mol. The number of methoxy groups -OCH3 is 1. The molecule has 0 aliphatic rings. The van der Waals surface area contributed by atoms with Crippen LogP contribution in [0.3, 0.4) is 0 Å². The molecular weight excluding hydrogens is 254 g/mol. The molecule has 1 atom stereocenters. The highest BCUT2D eigenvalue weighted by molar-refractivity contribution is 5.35. The fourth-order valence-corrected chi connectivity index (χ4v) is 1.81. The molecule has 108 valence electrons. The van der Waals surface area contributed by atoms with Gasteiger partial charge in [-0.2, -0.15) is 0 Å². The zero-order chi connectivity index (χ0) is 14.6. The van der Waals surface area contributed by atoms with Crippen LogP contribution in [0.5, 0.6) is 0 Å². The maximum atomic E-state index is 5.41. The third-order valence-electron chi connectivity index (χ3n) is 3.37. The summed E-state index contributed by atoms with van der Waals surface area (Å²) in [6, 6.07) is 8.37. The lowest BCUT2D eigenvalue weighted by atomic mass is 10.1. The van der Waals surface area contributed by atoms with Crippen LogP contribution in [0.4, 0.5) is 0 Å². The molecule has 1 unspecified atom stereocenters. The Labute approximate surface area is 119 Å². The van der Waals surface area contributed by atoms with Gasteiger partial charge in [-0.05, 0) is 48.9 Å². The third kappa shape index (κ3) is 3.61.